The van der Waals surface area contributed by atoms with Crippen molar-refractivity contribution in [2.75, 3.05) is 7.11 Å². The summed E-state index contributed by atoms with van der Waals surface area (Å²) in [6.07, 6.45) is 24.0. The van der Waals surface area contributed by atoms with Gasteiger partial charge in [0, 0.05) is 6.42 Å². The molecule has 0 radical (unpaired) electrons. The molecule has 0 aliphatic heterocycles. The van der Waals surface area contributed by atoms with Gasteiger partial charge >= 0.3 is 5.97 Å². The first-order valence-corrected chi connectivity index (χ1v) is 9.68. The van der Waals surface area contributed by atoms with E-state index in [4.69, 9.17) is 0 Å². The monoisotopic (exact) mass is 320 g/mol. The first-order valence-electron chi connectivity index (χ1n) is 9.68. The molecule has 0 spiro atoms. The van der Waals surface area contributed by atoms with Crippen LogP contribution < -0.4 is 0 Å². The molecule has 0 aromatic heterocycles. The van der Waals surface area contributed by atoms with E-state index in [0.29, 0.717) is 12.3 Å². The second kappa shape index (κ2) is 13.4. The minimum Gasteiger partial charge on any atom is -0.469 e. The Morgan fingerprint density at radius 2 is 1.91 bits per heavy atom. The second-order valence-corrected chi connectivity index (χ2v) is 6.81. The molecule has 0 heterocycles. The number of carbonyl (C=O) groups excluding carboxylic acids is 1. The highest BCUT2D eigenvalue weighted by Crippen LogP contribution is 2.31. The van der Waals surface area contributed by atoms with Gasteiger partial charge in [0.2, 0.25) is 0 Å². The molecule has 1 aliphatic rings. The van der Waals surface area contributed by atoms with Crippen LogP contribution >= 0.6 is 0 Å². The van der Waals surface area contributed by atoms with E-state index < -0.39 is 0 Å². The number of unbranched alkanes of at least 4 members (excludes halogenated alkanes) is 7. The second-order valence-electron chi connectivity index (χ2n) is 6.81. The number of esters is 1. The van der Waals surface area contributed by atoms with Gasteiger partial charge < -0.3 is 4.74 Å². The Labute approximate surface area is 143 Å². The van der Waals surface area contributed by atoms with Crippen molar-refractivity contribution in [2.45, 2.75) is 84.0 Å². The predicted molar refractivity (Wildman–Crippen MR) is 98.4 cm³/mol. The average Bonchev–Trinajstić information content (AvgIpc) is 3.01. The summed E-state index contributed by atoms with van der Waals surface area (Å²) in [4.78, 5) is 11.0. The van der Waals surface area contributed by atoms with Gasteiger partial charge in [0.05, 0.1) is 7.11 Å². The van der Waals surface area contributed by atoms with Crippen molar-refractivity contribution in [3.8, 4) is 0 Å². The van der Waals surface area contributed by atoms with Crippen LogP contribution in [0.4, 0.5) is 0 Å². The number of hydrogen-bond acceptors (Lipinski definition) is 2. The van der Waals surface area contributed by atoms with Gasteiger partial charge in [-0.25, -0.2) is 0 Å². The lowest BCUT2D eigenvalue weighted by Gasteiger charge is -2.16. The maximum Gasteiger partial charge on any atom is 0.305 e. The van der Waals surface area contributed by atoms with Crippen LogP contribution in [0.2, 0.25) is 0 Å². The first-order chi connectivity index (χ1) is 11.3. The molecule has 2 nitrogen and oxygen atoms in total. The minimum atomic E-state index is -0.0749. The molecule has 0 fully saturated rings. The Bertz CT molecular complexity index is 357. The van der Waals surface area contributed by atoms with Gasteiger partial charge in [-0.2, -0.15) is 0 Å². The fourth-order valence-electron chi connectivity index (χ4n) is 3.33. The Balaban J connectivity index is 2.07. The van der Waals surface area contributed by atoms with Crippen LogP contribution in [-0.2, 0) is 9.53 Å². The summed E-state index contributed by atoms with van der Waals surface area (Å²) in [6.45, 7) is 2.26. The SMILES string of the molecule is CCCCCC/C=C\[C@H]1C=CC[C@@H]1CCCCCCC(=O)OC. The predicted octanol–water partition coefficient (Wildman–Crippen LogP) is 6.22. The third-order valence-corrected chi connectivity index (χ3v) is 4.86. The van der Waals surface area contributed by atoms with Gasteiger partial charge in [0.1, 0.15) is 0 Å². The number of rotatable bonds is 13. The topological polar surface area (TPSA) is 26.3 Å². The third kappa shape index (κ3) is 9.63. The van der Waals surface area contributed by atoms with Crippen molar-refractivity contribution in [3.63, 3.8) is 0 Å². The molecule has 0 N–H and O–H groups in total. The van der Waals surface area contributed by atoms with Gasteiger partial charge in [-0.15, -0.1) is 0 Å². The molecule has 0 bridgehead atoms. The standard InChI is InChI=1S/C21H36O2/c1-3-4-5-6-7-10-14-19-16-13-17-20(19)15-11-8-9-12-18-21(22)23-2/h10,13-14,16,19-20H,3-9,11-12,15,17-18H2,1-2H3/b14-10-/t19-,20-/m0/s1. The van der Waals surface area contributed by atoms with Crippen LogP contribution in [0, 0.1) is 11.8 Å². The fourth-order valence-corrected chi connectivity index (χ4v) is 3.33. The van der Waals surface area contributed by atoms with Crippen molar-refractivity contribution in [1.29, 1.82) is 0 Å². The molecule has 2 heteroatoms. The number of ether oxygens (including phenoxy) is 1. The van der Waals surface area contributed by atoms with E-state index in [2.05, 4.69) is 36.0 Å². The van der Waals surface area contributed by atoms with E-state index in [1.165, 1.54) is 64.9 Å². The molecule has 0 aromatic rings. The third-order valence-electron chi connectivity index (χ3n) is 4.86. The number of allylic oxidation sites excluding steroid dienone is 4. The van der Waals surface area contributed by atoms with Crippen molar-refractivity contribution in [2.24, 2.45) is 11.8 Å². The van der Waals surface area contributed by atoms with Crippen LogP contribution in [0.15, 0.2) is 24.3 Å². The van der Waals surface area contributed by atoms with E-state index in [9.17, 15) is 4.79 Å². The van der Waals surface area contributed by atoms with Crippen LogP contribution in [0.1, 0.15) is 84.0 Å². The summed E-state index contributed by atoms with van der Waals surface area (Å²) in [7, 11) is 1.47. The smallest absolute Gasteiger partial charge is 0.305 e. The Hall–Kier alpha value is -1.05. The van der Waals surface area contributed by atoms with E-state index in [-0.39, 0.29) is 5.97 Å². The summed E-state index contributed by atoms with van der Waals surface area (Å²) in [5.41, 5.74) is 0. The Kier molecular flexibility index (Phi) is 11.6. The molecule has 2 atom stereocenters. The molecule has 0 saturated heterocycles. The summed E-state index contributed by atoms with van der Waals surface area (Å²) < 4.78 is 4.67. The zero-order valence-electron chi connectivity index (χ0n) is 15.3. The number of carbonyl (C=O) groups is 1. The van der Waals surface area contributed by atoms with E-state index in [0.717, 1.165) is 18.8 Å². The quantitative estimate of drug-likeness (QED) is 0.229. The molecule has 1 aliphatic carbocycles. The van der Waals surface area contributed by atoms with Crippen LogP contribution in [0.3, 0.4) is 0 Å². The fraction of sp³-hybridized carbons (Fsp3) is 0.762. The number of hydrogen-bond donors (Lipinski definition) is 0. The van der Waals surface area contributed by atoms with Gasteiger partial charge in [0.15, 0.2) is 0 Å². The van der Waals surface area contributed by atoms with Crippen molar-refractivity contribution < 1.29 is 9.53 Å². The molecule has 132 valence electrons. The average molecular weight is 321 g/mol. The maximum absolute atomic E-state index is 11.0. The van der Waals surface area contributed by atoms with Crippen LogP contribution in [0.5, 0.6) is 0 Å². The van der Waals surface area contributed by atoms with Gasteiger partial charge in [0.25, 0.3) is 0 Å². The molecule has 0 amide bonds. The molecule has 0 unspecified atom stereocenters. The van der Waals surface area contributed by atoms with Crippen LogP contribution in [-0.4, -0.2) is 13.1 Å². The van der Waals surface area contributed by atoms with Gasteiger partial charge in [-0.3, -0.25) is 4.79 Å². The van der Waals surface area contributed by atoms with Crippen molar-refractivity contribution in [1.82, 2.24) is 0 Å². The first kappa shape index (κ1) is 20.0. The van der Waals surface area contributed by atoms with Crippen LogP contribution in [0.25, 0.3) is 0 Å². The van der Waals surface area contributed by atoms with Gasteiger partial charge in [-0.05, 0) is 43.9 Å². The molecule has 0 aromatic carbocycles. The van der Waals surface area contributed by atoms with Crippen molar-refractivity contribution >= 4 is 5.97 Å². The normalized spacial score (nSPS) is 20.4. The zero-order chi connectivity index (χ0) is 16.8. The Morgan fingerprint density at radius 1 is 1.13 bits per heavy atom. The molecule has 23 heavy (non-hydrogen) atoms. The lowest BCUT2D eigenvalue weighted by atomic mass is 9.89. The minimum absolute atomic E-state index is 0.0749. The largest absolute Gasteiger partial charge is 0.469 e. The molecule has 0 saturated carbocycles. The summed E-state index contributed by atoms with van der Waals surface area (Å²) >= 11 is 0. The Morgan fingerprint density at radius 3 is 2.70 bits per heavy atom. The summed E-state index contributed by atoms with van der Waals surface area (Å²) in [5.74, 6) is 1.40. The van der Waals surface area contributed by atoms with E-state index in [1.807, 2.05) is 0 Å². The summed E-state index contributed by atoms with van der Waals surface area (Å²) in [6, 6.07) is 0. The highest BCUT2D eigenvalue weighted by atomic mass is 16.5. The van der Waals surface area contributed by atoms with Crippen molar-refractivity contribution in [3.05, 3.63) is 24.3 Å². The lowest BCUT2D eigenvalue weighted by Crippen LogP contribution is -2.05. The molecular weight excluding hydrogens is 284 g/mol. The summed E-state index contributed by atoms with van der Waals surface area (Å²) in [5, 5.41) is 0. The van der Waals surface area contributed by atoms with E-state index in [1.54, 1.807) is 0 Å². The highest BCUT2D eigenvalue weighted by molar-refractivity contribution is 5.68. The molecular formula is C21H36O2. The lowest BCUT2D eigenvalue weighted by molar-refractivity contribution is -0.140. The highest BCUT2D eigenvalue weighted by Gasteiger charge is 2.19. The number of methoxy groups -OCH3 is 1. The van der Waals surface area contributed by atoms with E-state index >= 15 is 0 Å². The zero-order valence-corrected chi connectivity index (χ0v) is 15.3. The van der Waals surface area contributed by atoms with Gasteiger partial charge in [-0.1, -0.05) is 69.8 Å². The maximum atomic E-state index is 11.0. The molecule has 1 rings (SSSR count).